The highest BCUT2D eigenvalue weighted by atomic mass is 16.2. The van der Waals surface area contributed by atoms with Gasteiger partial charge in [-0.2, -0.15) is 0 Å². The molecule has 1 aromatic heterocycles. The van der Waals surface area contributed by atoms with Crippen LogP contribution in [0.2, 0.25) is 0 Å². The molecule has 1 aliphatic heterocycles. The smallest absolute Gasteiger partial charge is 0.231 e. The first-order valence-electron chi connectivity index (χ1n) is 5.28. The molecule has 0 bridgehead atoms. The number of aromatic nitrogens is 2. The van der Waals surface area contributed by atoms with E-state index >= 15 is 0 Å². The summed E-state index contributed by atoms with van der Waals surface area (Å²) in [5.74, 6) is 1.97. The van der Waals surface area contributed by atoms with Gasteiger partial charge in [-0.05, 0) is 12.3 Å². The minimum absolute atomic E-state index is 0.107. The summed E-state index contributed by atoms with van der Waals surface area (Å²) < 4.78 is 0. The molecule has 2 aliphatic rings. The molecule has 1 saturated carbocycles. The monoisotopic (exact) mass is 203 g/mol. The van der Waals surface area contributed by atoms with Gasteiger partial charge in [0.15, 0.2) is 5.82 Å². The van der Waals surface area contributed by atoms with Gasteiger partial charge in [0.05, 0.1) is 5.69 Å². The summed E-state index contributed by atoms with van der Waals surface area (Å²) in [7, 11) is 1.79. The molecule has 0 aromatic carbocycles. The van der Waals surface area contributed by atoms with E-state index in [0.717, 1.165) is 17.9 Å². The van der Waals surface area contributed by atoms with Crippen LogP contribution in [-0.2, 0) is 4.79 Å². The Hall–Kier alpha value is -1.45. The highest BCUT2D eigenvalue weighted by molar-refractivity contribution is 5.95. The fourth-order valence-corrected chi connectivity index (χ4v) is 2.54. The first kappa shape index (κ1) is 8.83. The Morgan fingerprint density at radius 1 is 1.40 bits per heavy atom. The van der Waals surface area contributed by atoms with Crippen molar-refractivity contribution in [2.45, 2.75) is 19.3 Å². The van der Waals surface area contributed by atoms with Crippen molar-refractivity contribution in [1.29, 1.82) is 0 Å². The normalized spacial score (nSPS) is 33.1. The molecule has 0 unspecified atom stereocenters. The van der Waals surface area contributed by atoms with Gasteiger partial charge < -0.3 is 0 Å². The van der Waals surface area contributed by atoms with E-state index in [4.69, 9.17) is 0 Å². The van der Waals surface area contributed by atoms with Crippen molar-refractivity contribution in [2.24, 2.45) is 11.8 Å². The average molecular weight is 203 g/mol. The zero-order valence-electron chi connectivity index (χ0n) is 8.84. The van der Waals surface area contributed by atoms with Crippen LogP contribution in [0.15, 0.2) is 12.4 Å². The van der Waals surface area contributed by atoms with Crippen LogP contribution in [0.5, 0.6) is 0 Å². The Morgan fingerprint density at radius 2 is 2.13 bits per heavy atom. The minimum atomic E-state index is 0.107. The molecule has 3 rings (SSSR count). The van der Waals surface area contributed by atoms with E-state index in [1.807, 2.05) is 6.92 Å². The third-order valence-corrected chi connectivity index (χ3v) is 3.58. The first-order chi connectivity index (χ1) is 7.20. The SMILES string of the molecule is C[C@H]1C(=O)N(C)c2nccnc2[C@@H]2C[C@H]12. The lowest BCUT2D eigenvalue weighted by Crippen LogP contribution is -2.32. The Labute approximate surface area is 88.3 Å². The molecule has 1 fully saturated rings. The van der Waals surface area contributed by atoms with Crippen molar-refractivity contribution in [3.05, 3.63) is 18.1 Å². The second-order valence-corrected chi connectivity index (χ2v) is 4.46. The average Bonchev–Trinajstić information content (AvgIpc) is 3.05. The lowest BCUT2D eigenvalue weighted by molar-refractivity contribution is -0.122. The molecule has 2 heterocycles. The van der Waals surface area contributed by atoms with Crippen molar-refractivity contribution in [3.8, 4) is 0 Å². The van der Waals surface area contributed by atoms with Gasteiger partial charge in [0.1, 0.15) is 0 Å². The van der Waals surface area contributed by atoms with Crippen LogP contribution in [0.3, 0.4) is 0 Å². The van der Waals surface area contributed by atoms with Crippen LogP contribution in [0.4, 0.5) is 5.82 Å². The van der Waals surface area contributed by atoms with Crippen LogP contribution in [0, 0.1) is 11.8 Å². The van der Waals surface area contributed by atoms with Crippen LogP contribution < -0.4 is 4.90 Å². The summed E-state index contributed by atoms with van der Waals surface area (Å²) in [5, 5.41) is 0. The quantitative estimate of drug-likeness (QED) is 0.636. The number of fused-ring (bicyclic) bond motifs is 3. The maximum Gasteiger partial charge on any atom is 0.231 e. The van der Waals surface area contributed by atoms with Crippen LogP contribution in [0.1, 0.15) is 25.0 Å². The van der Waals surface area contributed by atoms with E-state index in [1.165, 1.54) is 0 Å². The Bertz CT molecular complexity index is 432. The van der Waals surface area contributed by atoms with Gasteiger partial charge in [0.2, 0.25) is 5.91 Å². The maximum absolute atomic E-state index is 12.0. The van der Waals surface area contributed by atoms with Gasteiger partial charge >= 0.3 is 0 Å². The molecular weight excluding hydrogens is 190 g/mol. The largest absolute Gasteiger partial charge is 0.298 e. The fourth-order valence-electron chi connectivity index (χ4n) is 2.54. The van der Waals surface area contributed by atoms with Gasteiger partial charge in [-0.25, -0.2) is 4.98 Å². The summed E-state index contributed by atoms with van der Waals surface area (Å²) >= 11 is 0. The lowest BCUT2D eigenvalue weighted by atomic mass is 10.0. The van der Waals surface area contributed by atoms with Crippen LogP contribution in [0.25, 0.3) is 0 Å². The molecule has 1 aliphatic carbocycles. The van der Waals surface area contributed by atoms with E-state index < -0.39 is 0 Å². The fraction of sp³-hybridized carbons (Fsp3) is 0.545. The number of hydrogen-bond donors (Lipinski definition) is 0. The first-order valence-corrected chi connectivity index (χ1v) is 5.28. The topological polar surface area (TPSA) is 46.1 Å². The molecule has 15 heavy (non-hydrogen) atoms. The Kier molecular flexibility index (Phi) is 1.63. The molecule has 0 radical (unpaired) electrons. The minimum Gasteiger partial charge on any atom is -0.298 e. The molecule has 0 saturated heterocycles. The summed E-state index contributed by atoms with van der Waals surface area (Å²) in [5.41, 5.74) is 1.00. The molecule has 0 N–H and O–H groups in total. The Balaban J connectivity index is 2.14. The van der Waals surface area contributed by atoms with Crippen LogP contribution >= 0.6 is 0 Å². The Morgan fingerprint density at radius 3 is 2.93 bits per heavy atom. The molecule has 4 heteroatoms. The van der Waals surface area contributed by atoms with Crippen molar-refractivity contribution < 1.29 is 4.79 Å². The van der Waals surface area contributed by atoms with E-state index in [1.54, 1.807) is 24.3 Å². The second kappa shape index (κ2) is 2.78. The number of rotatable bonds is 0. The van der Waals surface area contributed by atoms with Crippen molar-refractivity contribution in [1.82, 2.24) is 9.97 Å². The molecule has 78 valence electrons. The summed E-state index contributed by atoms with van der Waals surface area (Å²) in [6, 6.07) is 0. The highest BCUT2D eigenvalue weighted by Gasteiger charge is 2.50. The van der Waals surface area contributed by atoms with Gasteiger partial charge in [-0.3, -0.25) is 14.7 Å². The summed E-state index contributed by atoms with van der Waals surface area (Å²) in [6.45, 7) is 2.01. The zero-order valence-corrected chi connectivity index (χ0v) is 8.84. The molecular formula is C11H13N3O. The van der Waals surface area contributed by atoms with Gasteiger partial charge in [0.25, 0.3) is 0 Å². The third kappa shape index (κ3) is 1.11. The predicted octanol–water partition coefficient (Wildman–Crippen LogP) is 1.19. The van der Waals surface area contributed by atoms with E-state index in [9.17, 15) is 4.79 Å². The lowest BCUT2D eigenvalue weighted by Gasteiger charge is -2.18. The number of carbonyl (C=O) groups is 1. The van der Waals surface area contributed by atoms with Gasteiger partial charge in [-0.15, -0.1) is 0 Å². The van der Waals surface area contributed by atoms with E-state index in [0.29, 0.717) is 11.8 Å². The molecule has 4 nitrogen and oxygen atoms in total. The van der Waals surface area contributed by atoms with Crippen LogP contribution in [-0.4, -0.2) is 22.9 Å². The van der Waals surface area contributed by atoms with Crippen molar-refractivity contribution in [3.63, 3.8) is 0 Å². The summed E-state index contributed by atoms with van der Waals surface area (Å²) in [4.78, 5) is 22.3. The second-order valence-electron chi connectivity index (χ2n) is 4.46. The highest BCUT2D eigenvalue weighted by Crippen LogP contribution is 2.55. The van der Waals surface area contributed by atoms with Crippen molar-refractivity contribution in [2.75, 3.05) is 11.9 Å². The number of anilines is 1. The predicted molar refractivity (Wildman–Crippen MR) is 55.5 cm³/mol. The number of hydrogen-bond acceptors (Lipinski definition) is 3. The molecule has 1 aromatic rings. The van der Waals surface area contributed by atoms with Gasteiger partial charge in [0, 0.05) is 31.3 Å². The standard InChI is InChI=1S/C11H13N3O/c1-6-7-5-8(7)9-10(13-4-3-12-9)14(2)11(6)15/h3-4,6-8H,5H2,1-2H3/t6-,7-,8-/m1/s1. The molecule has 0 spiro atoms. The maximum atomic E-state index is 12.0. The number of carbonyl (C=O) groups excluding carboxylic acids is 1. The zero-order chi connectivity index (χ0) is 10.6. The number of nitrogens with zero attached hydrogens (tertiary/aromatic N) is 3. The van der Waals surface area contributed by atoms with E-state index in [-0.39, 0.29) is 11.8 Å². The van der Waals surface area contributed by atoms with Crippen molar-refractivity contribution >= 4 is 11.7 Å². The molecule has 1 amide bonds. The number of amides is 1. The summed E-state index contributed by atoms with van der Waals surface area (Å²) in [6.07, 6.45) is 4.45. The van der Waals surface area contributed by atoms with E-state index in [2.05, 4.69) is 9.97 Å². The third-order valence-electron chi connectivity index (χ3n) is 3.58. The van der Waals surface area contributed by atoms with Gasteiger partial charge in [-0.1, -0.05) is 6.92 Å². The molecule has 3 atom stereocenters.